The maximum atomic E-state index is 13.3. The topological polar surface area (TPSA) is 12.0 Å². The molecule has 0 radical (unpaired) electrons. The number of hydrogen-bond acceptors (Lipinski definition) is 1. The molecule has 1 aromatic rings. The van der Waals surface area contributed by atoms with Gasteiger partial charge in [-0.1, -0.05) is 0 Å². The van der Waals surface area contributed by atoms with Gasteiger partial charge in [0, 0.05) is 12.1 Å². The number of rotatable bonds is 3. The number of halogens is 3. The van der Waals surface area contributed by atoms with E-state index in [1.165, 1.54) is 0 Å². The molecular weight excluding hydrogens is 215 g/mol. The Bertz CT molecular complexity index is 373. The first kappa shape index (κ1) is 11.5. The fourth-order valence-corrected chi connectivity index (χ4v) is 2.09. The number of benzene rings is 1. The van der Waals surface area contributed by atoms with Crippen LogP contribution in [0.5, 0.6) is 0 Å². The fourth-order valence-electron chi connectivity index (χ4n) is 2.09. The van der Waals surface area contributed by atoms with Crippen molar-refractivity contribution in [2.75, 3.05) is 6.54 Å². The first-order valence-corrected chi connectivity index (χ1v) is 5.53. The smallest absolute Gasteiger partial charge is 0.161 e. The first-order valence-electron chi connectivity index (χ1n) is 5.53. The van der Waals surface area contributed by atoms with Crippen molar-refractivity contribution >= 4 is 0 Å². The van der Waals surface area contributed by atoms with Crippen molar-refractivity contribution < 1.29 is 13.2 Å². The van der Waals surface area contributed by atoms with Crippen molar-refractivity contribution in [1.82, 2.24) is 5.32 Å². The van der Waals surface area contributed by atoms with Gasteiger partial charge in [0.2, 0.25) is 0 Å². The fraction of sp³-hybridized carbons (Fsp3) is 0.500. The molecule has 1 unspecified atom stereocenters. The van der Waals surface area contributed by atoms with Gasteiger partial charge in [-0.2, -0.15) is 0 Å². The van der Waals surface area contributed by atoms with Crippen LogP contribution in [0.4, 0.5) is 13.2 Å². The van der Waals surface area contributed by atoms with E-state index in [2.05, 4.69) is 5.32 Å². The Morgan fingerprint density at radius 2 is 1.88 bits per heavy atom. The van der Waals surface area contributed by atoms with Crippen LogP contribution in [0.25, 0.3) is 0 Å². The highest BCUT2D eigenvalue weighted by Crippen LogP contribution is 2.18. The van der Waals surface area contributed by atoms with Crippen LogP contribution in [0, 0.1) is 17.5 Å². The highest BCUT2D eigenvalue weighted by molar-refractivity contribution is 5.20. The molecule has 1 heterocycles. The number of hydrogen-bond donors (Lipinski definition) is 1. The Morgan fingerprint density at radius 3 is 2.56 bits per heavy atom. The molecule has 1 atom stereocenters. The average molecular weight is 229 g/mol. The van der Waals surface area contributed by atoms with Crippen LogP contribution in [-0.2, 0) is 6.42 Å². The zero-order valence-electron chi connectivity index (χ0n) is 8.90. The number of nitrogens with one attached hydrogen (secondary N) is 1. The predicted molar refractivity (Wildman–Crippen MR) is 55.7 cm³/mol. The molecule has 0 saturated carbocycles. The van der Waals surface area contributed by atoms with Crippen LogP contribution in [0.2, 0.25) is 0 Å². The lowest BCUT2D eigenvalue weighted by Crippen LogP contribution is -2.21. The van der Waals surface area contributed by atoms with E-state index >= 15 is 0 Å². The third-order valence-corrected chi connectivity index (χ3v) is 3.01. The molecule has 1 aliphatic heterocycles. The minimum absolute atomic E-state index is 0.257. The Balaban J connectivity index is 2.00. The quantitative estimate of drug-likeness (QED) is 0.786. The molecule has 0 aliphatic carbocycles. The summed E-state index contributed by atoms with van der Waals surface area (Å²) in [6.07, 6.45) is 3.42. The highest BCUT2D eigenvalue weighted by Gasteiger charge is 2.15. The number of aryl methyl sites for hydroxylation is 1. The van der Waals surface area contributed by atoms with Gasteiger partial charge in [-0.15, -0.1) is 0 Å². The molecule has 2 rings (SSSR count). The van der Waals surface area contributed by atoms with E-state index in [0.717, 1.165) is 31.9 Å². The molecule has 1 saturated heterocycles. The molecule has 0 spiro atoms. The summed E-state index contributed by atoms with van der Waals surface area (Å²) in [7, 11) is 0. The lowest BCUT2D eigenvalue weighted by Gasteiger charge is -2.10. The molecule has 4 heteroatoms. The van der Waals surface area contributed by atoms with Gasteiger partial charge >= 0.3 is 0 Å². The monoisotopic (exact) mass is 229 g/mol. The second-order valence-electron chi connectivity index (χ2n) is 4.19. The van der Waals surface area contributed by atoms with E-state index in [0.29, 0.717) is 18.5 Å². The van der Waals surface area contributed by atoms with Gasteiger partial charge < -0.3 is 5.32 Å². The molecule has 0 amide bonds. The Hall–Kier alpha value is -1.03. The standard InChI is InChI=1S/C12H14F3N/c13-10-7-12(15)11(14)6-8(10)3-4-9-2-1-5-16-9/h6-7,9,16H,1-5H2. The summed E-state index contributed by atoms with van der Waals surface area (Å²) in [4.78, 5) is 0. The molecule has 0 aromatic heterocycles. The van der Waals surface area contributed by atoms with E-state index in [9.17, 15) is 13.2 Å². The Morgan fingerprint density at radius 1 is 1.12 bits per heavy atom. The van der Waals surface area contributed by atoms with E-state index in [1.807, 2.05) is 0 Å². The highest BCUT2D eigenvalue weighted by atomic mass is 19.2. The van der Waals surface area contributed by atoms with Gasteiger partial charge in [-0.05, 0) is 43.9 Å². The van der Waals surface area contributed by atoms with Gasteiger partial charge in [0.1, 0.15) is 5.82 Å². The summed E-state index contributed by atoms with van der Waals surface area (Å²) in [5, 5.41) is 3.28. The van der Waals surface area contributed by atoms with Gasteiger partial charge in [-0.25, -0.2) is 13.2 Å². The first-order chi connectivity index (χ1) is 7.66. The molecule has 16 heavy (non-hydrogen) atoms. The summed E-state index contributed by atoms with van der Waals surface area (Å²) in [5.41, 5.74) is 0.257. The molecule has 0 bridgehead atoms. The van der Waals surface area contributed by atoms with Crippen molar-refractivity contribution in [1.29, 1.82) is 0 Å². The van der Waals surface area contributed by atoms with E-state index in [-0.39, 0.29) is 5.56 Å². The largest absolute Gasteiger partial charge is 0.314 e. The zero-order valence-corrected chi connectivity index (χ0v) is 8.90. The molecule has 1 fully saturated rings. The van der Waals surface area contributed by atoms with E-state index < -0.39 is 17.5 Å². The van der Waals surface area contributed by atoms with Crippen molar-refractivity contribution in [2.24, 2.45) is 0 Å². The van der Waals surface area contributed by atoms with Crippen LogP contribution >= 0.6 is 0 Å². The van der Waals surface area contributed by atoms with Crippen LogP contribution in [0.15, 0.2) is 12.1 Å². The zero-order chi connectivity index (χ0) is 11.5. The third-order valence-electron chi connectivity index (χ3n) is 3.01. The maximum absolute atomic E-state index is 13.3. The second kappa shape index (κ2) is 4.87. The van der Waals surface area contributed by atoms with Gasteiger partial charge in [0.15, 0.2) is 11.6 Å². The summed E-state index contributed by atoms with van der Waals surface area (Å²) in [6.45, 7) is 0.991. The summed E-state index contributed by atoms with van der Waals surface area (Å²) < 4.78 is 38.9. The summed E-state index contributed by atoms with van der Waals surface area (Å²) in [6, 6.07) is 1.96. The Labute approximate surface area is 92.7 Å². The molecule has 1 nitrogen and oxygen atoms in total. The lowest BCUT2D eigenvalue weighted by atomic mass is 10.0. The van der Waals surface area contributed by atoms with Crippen molar-refractivity contribution in [3.05, 3.63) is 35.1 Å². The molecular formula is C12H14F3N. The van der Waals surface area contributed by atoms with E-state index in [4.69, 9.17) is 0 Å². The second-order valence-corrected chi connectivity index (χ2v) is 4.19. The van der Waals surface area contributed by atoms with Gasteiger partial charge in [0.25, 0.3) is 0 Å². The van der Waals surface area contributed by atoms with Crippen molar-refractivity contribution in [2.45, 2.75) is 31.7 Å². The van der Waals surface area contributed by atoms with E-state index in [1.54, 1.807) is 0 Å². The maximum Gasteiger partial charge on any atom is 0.161 e. The molecule has 88 valence electrons. The van der Waals surface area contributed by atoms with Gasteiger partial charge in [0.05, 0.1) is 0 Å². The van der Waals surface area contributed by atoms with Crippen molar-refractivity contribution in [3.63, 3.8) is 0 Å². The van der Waals surface area contributed by atoms with Crippen molar-refractivity contribution in [3.8, 4) is 0 Å². The van der Waals surface area contributed by atoms with Crippen LogP contribution in [-0.4, -0.2) is 12.6 Å². The molecule has 1 aromatic carbocycles. The molecule has 1 N–H and O–H groups in total. The normalized spacial score (nSPS) is 20.3. The predicted octanol–water partition coefficient (Wildman–Crippen LogP) is 2.79. The van der Waals surface area contributed by atoms with Crippen LogP contribution < -0.4 is 5.32 Å². The summed E-state index contributed by atoms with van der Waals surface area (Å²) >= 11 is 0. The molecule has 1 aliphatic rings. The van der Waals surface area contributed by atoms with Crippen LogP contribution in [0.1, 0.15) is 24.8 Å². The third kappa shape index (κ3) is 2.55. The minimum atomic E-state index is -1.12. The minimum Gasteiger partial charge on any atom is -0.314 e. The van der Waals surface area contributed by atoms with Gasteiger partial charge in [-0.3, -0.25) is 0 Å². The van der Waals surface area contributed by atoms with Crippen LogP contribution in [0.3, 0.4) is 0 Å². The summed E-state index contributed by atoms with van der Waals surface area (Å²) in [5.74, 6) is -2.76. The Kier molecular flexibility index (Phi) is 3.49. The SMILES string of the molecule is Fc1cc(F)c(CCC2CCCN2)cc1F. The lowest BCUT2D eigenvalue weighted by molar-refractivity contribution is 0.484. The average Bonchev–Trinajstić information content (AvgIpc) is 2.74.